The molecule has 0 saturated heterocycles. The molecular weight excluding hydrogens is 546 g/mol. The molecule has 10 rings (SSSR count). The third kappa shape index (κ3) is 3.46. The van der Waals surface area contributed by atoms with Gasteiger partial charge in [-0.25, -0.2) is 9.97 Å². The molecule has 0 amide bonds. The van der Waals surface area contributed by atoms with Crippen LogP contribution in [0.3, 0.4) is 0 Å². The number of hydrogen-bond acceptors (Lipinski definition) is 2. The predicted molar refractivity (Wildman–Crippen MR) is 187 cm³/mol. The van der Waals surface area contributed by atoms with Crippen molar-refractivity contribution in [2.75, 3.05) is 0 Å². The maximum absolute atomic E-state index is 5.33. The monoisotopic (exact) mass is 571 g/mol. The topological polar surface area (TPSA) is 30.7 Å². The van der Waals surface area contributed by atoms with Gasteiger partial charge < -0.3 is 0 Å². The Morgan fingerprint density at radius 3 is 1.73 bits per heavy atom. The van der Waals surface area contributed by atoms with Gasteiger partial charge in [-0.2, -0.15) is 0 Å². The van der Waals surface area contributed by atoms with Gasteiger partial charge in [-0.15, -0.1) is 0 Å². The lowest BCUT2D eigenvalue weighted by Gasteiger charge is -2.15. The van der Waals surface area contributed by atoms with E-state index in [4.69, 9.17) is 9.97 Å². The highest BCUT2D eigenvalue weighted by Crippen LogP contribution is 2.51. The maximum Gasteiger partial charge on any atom is 0.235 e. The molecule has 9 aromatic rings. The summed E-state index contributed by atoms with van der Waals surface area (Å²) >= 11 is 0. The Balaban J connectivity index is 1.44. The van der Waals surface area contributed by atoms with Gasteiger partial charge in [0.05, 0.1) is 22.4 Å². The van der Waals surface area contributed by atoms with E-state index in [1.165, 1.54) is 54.6 Å². The molecule has 0 N–H and O–H groups in total. The summed E-state index contributed by atoms with van der Waals surface area (Å²) in [6.45, 7) is 0. The van der Waals surface area contributed by atoms with Gasteiger partial charge >= 0.3 is 0 Å². The number of rotatable bonds is 3. The number of benzene rings is 7. The summed E-state index contributed by atoms with van der Waals surface area (Å²) in [5, 5.41) is 7.41. The Morgan fingerprint density at radius 1 is 0.400 bits per heavy atom. The van der Waals surface area contributed by atoms with Crippen molar-refractivity contribution < 1.29 is 0 Å². The van der Waals surface area contributed by atoms with Crippen molar-refractivity contribution >= 4 is 43.4 Å². The average Bonchev–Trinajstić information content (AvgIpc) is 3.41. The van der Waals surface area contributed by atoms with Crippen LogP contribution in [0.15, 0.2) is 152 Å². The van der Waals surface area contributed by atoms with Gasteiger partial charge in [-0.1, -0.05) is 133 Å². The minimum atomic E-state index is 0.670. The summed E-state index contributed by atoms with van der Waals surface area (Å²) in [5.74, 6) is 0.670. The zero-order valence-electron chi connectivity index (χ0n) is 24.3. The number of nitrogens with zero attached hydrogens (tertiary/aromatic N) is 3. The van der Waals surface area contributed by atoms with Crippen LogP contribution in [-0.4, -0.2) is 14.5 Å². The number of aromatic nitrogens is 3. The Bertz CT molecular complexity index is 2580. The molecule has 0 bridgehead atoms. The van der Waals surface area contributed by atoms with E-state index in [9.17, 15) is 0 Å². The zero-order chi connectivity index (χ0) is 29.5. The molecule has 0 spiro atoms. The first-order chi connectivity index (χ1) is 22.3. The Kier molecular flexibility index (Phi) is 5.00. The van der Waals surface area contributed by atoms with Crippen molar-refractivity contribution in [3.05, 3.63) is 152 Å². The highest BCUT2D eigenvalue weighted by molar-refractivity contribution is 6.33. The molecule has 3 nitrogen and oxygen atoms in total. The van der Waals surface area contributed by atoms with Crippen LogP contribution in [0.4, 0.5) is 0 Å². The van der Waals surface area contributed by atoms with Gasteiger partial charge in [-0.05, 0) is 56.6 Å². The van der Waals surface area contributed by atoms with E-state index in [2.05, 4.69) is 144 Å². The van der Waals surface area contributed by atoms with Crippen molar-refractivity contribution in [3.8, 4) is 50.7 Å². The van der Waals surface area contributed by atoms with Crippen LogP contribution in [0.25, 0.3) is 94.1 Å². The molecule has 0 atom stereocenters. The fourth-order valence-corrected chi connectivity index (χ4v) is 7.39. The van der Waals surface area contributed by atoms with Gasteiger partial charge in [0, 0.05) is 27.3 Å². The summed E-state index contributed by atoms with van der Waals surface area (Å²) in [6, 6.07) is 54.1. The molecule has 0 radical (unpaired) electrons. The van der Waals surface area contributed by atoms with Crippen molar-refractivity contribution in [3.63, 3.8) is 0 Å². The maximum atomic E-state index is 5.33. The second-order valence-electron chi connectivity index (χ2n) is 11.8. The Labute approximate surface area is 259 Å². The fraction of sp³-hybridized carbons (Fsp3) is 0. The van der Waals surface area contributed by atoms with E-state index >= 15 is 0 Å². The first-order valence-electron chi connectivity index (χ1n) is 15.4. The minimum absolute atomic E-state index is 0.670. The third-order valence-electron chi connectivity index (χ3n) is 9.32. The SMILES string of the molecule is c1ccc(-c2cc(-c3ccccc3)nc(-n3c4ccc5cccc6c5c4c4c(cc5ccccc5c43)-c3ccccc3-6)n2)cc1. The molecule has 45 heavy (non-hydrogen) atoms. The van der Waals surface area contributed by atoms with Crippen LogP contribution in [0.1, 0.15) is 0 Å². The fourth-order valence-electron chi connectivity index (χ4n) is 7.39. The quantitative estimate of drug-likeness (QED) is 0.211. The van der Waals surface area contributed by atoms with Crippen LogP contribution in [0.5, 0.6) is 0 Å². The van der Waals surface area contributed by atoms with E-state index in [0.29, 0.717) is 5.95 Å². The normalized spacial score (nSPS) is 12.0. The molecule has 3 heteroatoms. The Morgan fingerprint density at radius 2 is 1.00 bits per heavy atom. The molecule has 0 saturated carbocycles. The third-order valence-corrected chi connectivity index (χ3v) is 9.32. The lowest BCUT2D eigenvalue weighted by Crippen LogP contribution is -2.04. The first-order valence-corrected chi connectivity index (χ1v) is 15.4. The van der Waals surface area contributed by atoms with E-state index < -0.39 is 0 Å². The van der Waals surface area contributed by atoms with Crippen molar-refractivity contribution in [1.29, 1.82) is 0 Å². The molecular formula is C42H25N3. The van der Waals surface area contributed by atoms with Crippen LogP contribution >= 0.6 is 0 Å². The standard InChI is InChI=1S/C42H25N3/c1-3-12-26(13-4-1)35-25-36(27-14-5-2-6-15-27)44-42(43-35)45-37-23-22-28-17-11-21-33-31-19-9-10-20-32(31)34-24-29-16-7-8-18-30(29)41(45)39(34)40(37)38(28)33/h1-25H. The Hall–Kier alpha value is -6.06. The molecule has 2 aromatic heterocycles. The molecule has 7 aromatic carbocycles. The van der Waals surface area contributed by atoms with Crippen LogP contribution < -0.4 is 0 Å². The number of fused-ring (bicyclic) bond motifs is 5. The van der Waals surface area contributed by atoms with E-state index in [1.54, 1.807) is 0 Å². The highest BCUT2D eigenvalue weighted by atomic mass is 15.2. The molecule has 2 heterocycles. The second-order valence-corrected chi connectivity index (χ2v) is 11.8. The average molecular weight is 572 g/mol. The smallest absolute Gasteiger partial charge is 0.235 e. The summed E-state index contributed by atoms with van der Waals surface area (Å²) in [4.78, 5) is 10.7. The van der Waals surface area contributed by atoms with Crippen molar-refractivity contribution in [2.24, 2.45) is 0 Å². The van der Waals surface area contributed by atoms with Gasteiger partial charge in [0.25, 0.3) is 0 Å². The summed E-state index contributed by atoms with van der Waals surface area (Å²) in [5.41, 5.74) is 11.2. The predicted octanol–water partition coefficient (Wildman–Crippen LogP) is 10.9. The molecule has 0 unspecified atom stereocenters. The summed E-state index contributed by atoms with van der Waals surface area (Å²) in [6.07, 6.45) is 0. The van der Waals surface area contributed by atoms with E-state index in [-0.39, 0.29) is 0 Å². The largest absolute Gasteiger partial charge is 0.277 e. The molecule has 0 aliphatic heterocycles. The van der Waals surface area contributed by atoms with Crippen molar-refractivity contribution in [1.82, 2.24) is 14.5 Å². The lowest BCUT2D eigenvalue weighted by atomic mass is 9.92. The second kappa shape index (κ2) is 9.22. The summed E-state index contributed by atoms with van der Waals surface area (Å²) < 4.78 is 2.32. The minimum Gasteiger partial charge on any atom is -0.277 e. The van der Waals surface area contributed by atoms with Crippen LogP contribution in [0.2, 0.25) is 0 Å². The van der Waals surface area contributed by atoms with Gasteiger partial charge in [0.15, 0.2) is 0 Å². The molecule has 1 aliphatic carbocycles. The van der Waals surface area contributed by atoms with Gasteiger partial charge in [0.2, 0.25) is 5.95 Å². The summed E-state index contributed by atoms with van der Waals surface area (Å²) in [7, 11) is 0. The molecule has 1 aliphatic rings. The van der Waals surface area contributed by atoms with Crippen LogP contribution in [-0.2, 0) is 0 Å². The van der Waals surface area contributed by atoms with Crippen LogP contribution in [0, 0.1) is 0 Å². The molecule has 0 fully saturated rings. The van der Waals surface area contributed by atoms with E-state index in [1.807, 2.05) is 12.1 Å². The van der Waals surface area contributed by atoms with Gasteiger partial charge in [-0.3, -0.25) is 4.57 Å². The lowest BCUT2D eigenvalue weighted by molar-refractivity contribution is 0.998. The highest BCUT2D eigenvalue weighted by Gasteiger charge is 2.27. The van der Waals surface area contributed by atoms with Crippen molar-refractivity contribution in [2.45, 2.75) is 0 Å². The number of hydrogen-bond donors (Lipinski definition) is 0. The van der Waals surface area contributed by atoms with Gasteiger partial charge in [0.1, 0.15) is 0 Å². The first kappa shape index (κ1) is 24.4. The zero-order valence-corrected chi connectivity index (χ0v) is 24.3. The van der Waals surface area contributed by atoms with E-state index in [0.717, 1.165) is 33.5 Å². The molecule has 208 valence electrons.